The molecular weight excluding hydrogens is 516 g/mol. The van der Waals surface area contributed by atoms with Crippen LogP contribution in [-0.2, 0) is 25.5 Å². The van der Waals surface area contributed by atoms with Crippen molar-refractivity contribution >= 4 is 92.5 Å². The standard InChI is InChI=1S/C17H15Cl4N3O4S2/c1-15-6-16(15,13(26)28-7-17(19,20)21)24-11(25)10(12(24)30(15)27)23-14(29)22-9-4-2-8(18)3-5-9/h2-5,10,12H,6-7H2,1H3,(H2,22,23,29)/t10?,12-,15?,16?,30?/m0/s1. The number of nitrogens with zero attached hydrogens (tertiary/aromatic N) is 1. The summed E-state index contributed by atoms with van der Waals surface area (Å²) >= 11 is 26.5. The van der Waals surface area contributed by atoms with Gasteiger partial charge < -0.3 is 19.9 Å². The van der Waals surface area contributed by atoms with Crippen molar-refractivity contribution in [3.63, 3.8) is 0 Å². The van der Waals surface area contributed by atoms with E-state index in [0.29, 0.717) is 10.7 Å². The molecule has 5 atom stereocenters. The Morgan fingerprint density at radius 1 is 1.40 bits per heavy atom. The lowest BCUT2D eigenvalue weighted by Gasteiger charge is -2.44. The first kappa shape index (κ1) is 22.5. The van der Waals surface area contributed by atoms with E-state index in [0.717, 1.165) is 0 Å². The number of anilines is 1. The summed E-state index contributed by atoms with van der Waals surface area (Å²) in [6.45, 7) is 1.22. The van der Waals surface area contributed by atoms with Gasteiger partial charge in [0.15, 0.2) is 21.4 Å². The quantitative estimate of drug-likeness (QED) is 0.203. The van der Waals surface area contributed by atoms with E-state index >= 15 is 0 Å². The first-order chi connectivity index (χ1) is 13.9. The highest BCUT2D eigenvalue weighted by molar-refractivity contribution is 7.94. The zero-order valence-electron chi connectivity index (χ0n) is 15.3. The van der Waals surface area contributed by atoms with E-state index < -0.39 is 49.2 Å². The molecule has 1 aromatic rings. The Balaban J connectivity index is 1.45. The number of ether oxygens (including phenoxy) is 1. The molecule has 0 bridgehead atoms. The molecule has 1 saturated carbocycles. The lowest BCUT2D eigenvalue weighted by molar-refractivity contribution is -0.165. The lowest BCUT2D eigenvalue weighted by Crippen LogP contribution is -2.74. The first-order valence-electron chi connectivity index (χ1n) is 8.72. The molecular formula is C17H15Cl4N3O4S2. The Labute approximate surface area is 200 Å². The minimum absolute atomic E-state index is 0.186. The number of alkyl halides is 3. The summed E-state index contributed by atoms with van der Waals surface area (Å²) in [6, 6.07) is 6.02. The summed E-state index contributed by atoms with van der Waals surface area (Å²) in [7, 11) is 0. The molecule has 3 fully saturated rings. The number of halogens is 4. The van der Waals surface area contributed by atoms with Crippen molar-refractivity contribution in [3.8, 4) is 0 Å². The van der Waals surface area contributed by atoms with Crippen LogP contribution in [0.4, 0.5) is 5.69 Å². The third kappa shape index (κ3) is 3.43. The van der Waals surface area contributed by atoms with Gasteiger partial charge in [0.2, 0.25) is 9.17 Å². The minimum atomic E-state index is -1.78. The second kappa shape index (κ2) is 7.43. The number of carbonyl (C=O) groups excluding carboxylic acids is 2. The second-order valence-electron chi connectivity index (χ2n) is 7.44. The fourth-order valence-electron chi connectivity index (χ4n) is 4.00. The number of amides is 1. The van der Waals surface area contributed by atoms with Gasteiger partial charge in [-0.15, -0.1) is 0 Å². The Morgan fingerprint density at radius 2 is 2.03 bits per heavy atom. The topological polar surface area (TPSA) is 93.7 Å². The van der Waals surface area contributed by atoms with E-state index in [1.807, 2.05) is 0 Å². The zero-order valence-corrected chi connectivity index (χ0v) is 19.9. The Kier molecular flexibility index (Phi) is 5.58. The van der Waals surface area contributed by atoms with Crippen molar-refractivity contribution in [3.05, 3.63) is 29.3 Å². The zero-order chi connectivity index (χ0) is 22.1. The van der Waals surface area contributed by atoms with Crippen molar-refractivity contribution in [2.75, 3.05) is 11.9 Å². The van der Waals surface area contributed by atoms with Crippen molar-refractivity contribution < 1.29 is 18.9 Å². The molecule has 3 aliphatic rings. The van der Waals surface area contributed by atoms with Crippen molar-refractivity contribution in [1.82, 2.24) is 10.2 Å². The van der Waals surface area contributed by atoms with Gasteiger partial charge in [-0.3, -0.25) is 9.69 Å². The third-order valence-electron chi connectivity index (χ3n) is 5.55. The van der Waals surface area contributed by atoms with Crippen LogP contribution in [0.25, 0.3) is 0 Å². The Bertz CT molecular complexity index is 931. The molecule has 2 N–H and O–H groups in total. The number of hydrogen-bond acceptors (Lipinski definition) is 5. The number of benzene rings is 1. The van der Waals surface area contributed by atoms with Crippen LogP contribution in [0.2, 0.25) is 5.02 Å². The number of carbonyl (C=O) groups is 2. The average Bonchev–Trinajstić information content (AvgIpc) is 3.25. The van der Waals surface area contributed by atoms with Crippen LogP contribution < -0.4 is 10.6 Å². The normalized spacial score (nSPS) is 33.9. The maximum atomic E-state index is 13.1. The Hall–Kier alpha value is -0.680. The highest BCUT2D eigenvalue weighted by Crippen LogP contribution is 2.68. The van der Waals surface area contributed by atoms with Crippen LogP contribution in [0.3, 0.4) is 0 Å². The van der Waals surface area contributed by atoms with Crippen LogP contribution in [0.15, 0.2) is 24.3 Å². The van der Waals surface area contributed by atoms with Crippen molar-refractivity contribution in [1.29, 1.82) is 0 Å². The van der Waals surface area contributed by atoms with Gasteiger partial charge in [-0.2, -0.15) is 0 Å². The fraction of sp³-hybridized carbons (Fsp3) is 0.471. The molecule has 2 aliphatic heterocycles. The predicted octanol–water partition coefficient (Wildman–Crippen LogP) is 2.74. The molecule has 0 spiro atoms. The maximum Gasteiger partial charge on any atom is 0.338 e. The fourth-order valence-corrected chi connectivity index (χ4v) is 6.84. The molecule has 1 aromatic carbocycles. The van der Waals surface area contributed by atoms with E-state index in [9.17, 15) is 14.1 Å². The van der Waals surface area contributed by atoms with E-state index in [-0.39, 0.29) is 17.4 Å². The lowest BCUT2D eigenvalue weighted by atomic mass is 10.0. The summed E-state index contributed by atoms with van der Waals surface area (Å²) in [4.78, 5) is 26.9. The van der Waals surface area contributed by atoms with Crippen LogP contribution in [0, 0.1) is 0 Å². The van der Waals surface area contributed by atoms with Gasteiger partial charge in [0.1, 0.15) is 6.61 Å². The number of β-lactam (4-membered cyclic amide) rings is 1. The number of hydrogen-bond donors (Lipinski definition) is 2. The van der Waals surface area contributed by atoms with E-state index in [4.69, 9.17) is 63.4 Å². The molecule has 30 heavy (non-hydrogen) atoms. The van der Waals surface area contributed by atoms with Gasteiger partial charge in [-0.1, -0.05) is 46.4 Å². The smallest absolute Gasteiger partial charge is 0.338 e. The molecule has 2 saturated heterocycles. The molecule has 0 radical (unpaired) electrons. The SMILES string of the molecule is CC12CC1(C(=O)OCC(Cl)(Cl)Cl)N1C(=O)C(NC(=S)Nc3ccc(Cl)cc3)[C@@H]1[S+]2[O-]. The number of thiocarbonyl (C=S) groups is 1. The van der Waals surface area contributed by atoms with E-state index in [2.05, 4.69) is 10.6 Å². The minimum Gasteiger partial charge on any atom is -0.614 e. The molecule has 7 nitrogen and oxygen atoms in total. The highest BCUT2D eigenvalue weighted by atomic mass is 35.6. The predicted molar refractivity (Wildman–Crippen MR) is 120 cm³/mol. The number of fused-ring (bicyclic) bond motifs is 3. The van der Waals surface area contributed by atoms with Gasteiger partial charge in [-0.25, -0.2) is 4.79 Å². The first-order valence-corrected chi connectivity index (χ1v) is 11.8. The summed E-state index contributed by atoms with van der Waals surface area (Å²) in [6.07, 6.45) is 0.230. The monoisotopic (exact) mass is 529 g/mol. The van der Waals surface area contributed by atoms with Gasteiger partial charge in [0.05, 0.1) is 0 Å². The van der Waals surface area contributed by atoms with Gasteiger partial charge >= 0.3 is 5.97 Å². The number of esters is 1. The highest BCUT2D eigenvalue weighted by Gasteiger charge is 2.93. The molecule has 1 aliphatic carbocycles. The molecule has 4 rings (SSSR count). The summed E-state index contributed by atoms with van der Waals surface area (Å²) in [5.41, 5.74) is -0.631. The van der Waals surface area contributed by atoms with Crippen molar-refractivity contribution in [2.45, 2.75) is 38.8 Å². The van der Waals surface area contributed by atoms with Crippen LogP contribution >= 0.6 is 58.6 Å². The van der Waals surface area contributed by atoms with E-state index in [1.165, 1.54) is 4.90 Å². The molecule has 4 unspecified atom stereocenters. The largest absolute Gasteiger partial charge is 0.614 e. The third-order valence-corrected chi connectivity index (χ3v) is 8.65. The van der Waals surface area contributed by atoms with Crippen LogP contribution in [0.5, 0.6) is 0 Å². The van der Waals surface area contributed by atoms with E-state index in [1.54, 1.807) is 31.2 Å². The molecule has 2 heterocycles. The second-order valence-corrected chi connectivity index (χ2v) is 12.8. The molecule has 162 valence electrons. The average molecular weight is 531 g/mol. The molecule has 0 aromatic heterocycles. The summed E-state index contributed by atoms with van der Waals surface area (Å²) in [5.74, 6) is -1.11. The van der Waals surface area contributed by atoms with Gasteiger partial charge in [0.25, 0.3) is 5.91 Å². The molecule has 13 heteroatoms. The maximum absolute atomic E-state index is 13.1. The van der Waals surface area contributed by atoms with Crippen LogP contribution in [-0.4, -0.2) is 58.5 Å². The van der Waals surface area contributed by atoms with Gasteiger partial charge in [0, 0.05) is 17.1 Å². The summed E-state index contributed by atoms with van der Waals surface area (Å²) in [5, 5.41) is 5.88. The number of nitrogens with one attached hydrogen (secondary N) is 2. The van der Waals surface area contributed by atoms with Gasteiger partial charge in [-0.05, 0) is 54.6 Å². The summed E-state index contributed by atoms with van der Waals surface area (Å²) < 4.78 is 15.5. The molecule has 1 amide bonds. The van der Waals surface area contributed by atoms with Crippen molar-refractivity contribution in [2.24, 2.45) is 0 Å². The van der Waals surface area contributed by atoms with Crippen LogP contribution in [0.1, 0.15) is 13.3 Å². The Morgan fingerprint density at radius 3 is 2.63 bits per heavy atom. The number of rotatable bonds is 4.